The first kappa shape index (κ1) is 10.7. The zero-order chi connectivity index (χ0) is 11.7. The van der Waals surface area contributed by atoms with Crippen molar-refractivity contribution in [2.75, 3.05) is 0 Å². The van der Waals surface area contributed by atoms with Gasteiger partial charge in [0.25, 0.3) is 0 Å². The number of fused-ring (bicyclic) bond motifs is 1. The lowest BCUT2D eigenvalue weighted by Crippen LogP contribution is -1.95. The van der Waals surface area contributed by atoms with Crippen LogP contribution >= 0.6 is 0 Å². The second-order valence-electron chi connectivity index (χ2n) is 3.45. The Morgan fingerprint density at radius 2 is 1.62 bits per heavy atom. The smallest absolute Gasteiger partial charge is 0.161 e. The zero-order valence-corrected chi connectivity index (χ0v) is 8.96. The molecule has 16 heavy (non-hydrogen) atoms. The highest BCUT2D eigenvalue weighted by Gasteiger charge is 2.08. The molecule has 0 aliphatic rings. The standard InChI is InChI=1S/C12H10F2N2/c1-3-4-10-7(2)15-11-5-8(13)9(14)6-12(11)16-10/h3-6H,1-2H3. The number of hydrogen-bond acceptors (Lipinski definition) is 2. The fourth-order valence-electron chi connectivity index (χ4n) is 1.47. The number of hydrogen-bond donors (Lipinski definition) is 0. The Labute approximate surface area is 91.7 Å². The van der Waals surface area contributed by atoms with E-state index in [4.69, 9.17) is 0 Å². The van der Waals surface area contributed by atoms with Gasteiger partial charge >= 0.3 is 0 Å². The van der Waals surface area contributed by atoms with Gasteiger partial charge in [-0.3, -0.25) is 0 Å². The predicted molar refractivity (Wildman–Crippen MR) is 58.9 cm³/mol. The molecular formula is C12H10F2N2. The molecule has 1 aromatic heterocycles. The van der Waals surface area contributed by atoms with Crippen LogP contribution in [-0.2, 0) is 0 Å². The van der Waals surface area contributed by atoms with Gasteiger partial charge in [-0.15, -0.1) is 0 Å². The van der Waals surface area contributed by atoms with Crippen molar-refractivity contribution >= 4 is 17.1 Å². The summed E-state index contributed by atoms with van der Waals surface area (Å²) in [6.45, 7) is 3.64. The Hall–Kier alpha value is -1.84. The molecule has 2 nitrogen and oxygen atoms in total. The topological polar surface area (TPSA) is 25.8 Å². The first-order chi connectivity index (χ1) is 7.61. The predicted octanol–water partition coefficient (Wildman–Crippen LogP) is 3.25. The summed E-state index contributed by atoms with van der Waals surface area (Å²) in [5.41, 5.74) is 2.08. The van der Waals surface area contributed by atoms with Gasteiger partial charge < -0.3 is 0 Å². The molecule has 0 atom stereocenters. The molecule has 1 heterocycles. The third kappa shape index (κ3) is 1.78. The average molecular weight is 220 g/mol. The molecule has 0 aliphatic heterocycles. The molecule has 0 N–H and O–H groups in total. The number of nitrogens with zero attached hydrogens (tertiary/aromatic N) is 2. The maximum absolute atomic E-state index is 13.0. The van der Waals surface area contributed by atoms with E-state index in [0.29, 0.717) is 22.4 Å². The van der Waals surface area contributed by atoms with Crippen LogP contribution in [0, 0.1) is 18.6 Å². The highest BCUT2D eigenvalue weighted by atomic mass is 19.2. The highest BCUT2D eigenvalue weighted by molar-refractivity contribution is 5.76. The van der Waals surface area contributed by atoms with Crippen molar-refractivity contribution in [3.63, 3.8) is 0 Å². The maximum Gasteiger partial charge on any atom is 0.161 e. The van der Waals surface area contributed by atoms with Crippen LogP contribution in [-0.4, -0.2) is 9.97 Å². The molecule has 0 amide bonds. The van der Waals surface area contributed by atoms with Crippen molar-refractivity contribution in [2.45, 2.75) is 13.8 Å². The van der Waals surface area contributed by atoms with Gasteiger partial charge in [0.15, 0.2) is 11.6 Å². The van der Waals surface area contributed by atoms with Crippen LogP contribution in [0.1, 0.15) is 18.3 Å². The van der Waals surface area contributed by atoms with E-state index >= 15 is 0 Å². The van der Waals surface area contributed by atoms with Crippen molar-refractivity contribution in [3.05, 3.63) is 41.2 Å². The minimum Gasteiger partial charge on any atom is -0.249 e. The van der Waals surface area contributed by atoms with E-state index < -0.39 is 11.6 Å². The normalized spacial score (nSPS) is 11.5. The Morgan fingerprint density at radius 1 is 1.06 bits per heavy atom. The first-order valence-corrected chi connectivity index (χ1v) is 4.88. The van der Waals surface area contributed by atoms with Gasteiger partial charge in [0.1, 0.15) is 0 Å². The van der Waals surface area contributed by atoms with E-state index in [1.807, 2.05) is 13.0 Å². The van der Waals surface area contributed by atoms with E-state index in [9.17, 15) is 8.78 Å². The van der Waals surface area contributed by atoms with Gasteiger partial charge in [-0.05, 0) is 19.9 Å². The van der Waals surface area contributed by atoms with Gasteiger partial charge in [0.2, 0.25) is 0 Å². The van der Waals surface area contributed by atoms with Gasteiger partial charge in [-0.1, -0.05) is 6.08 Å². The molecule has 1 aromatic carbocycles. The van der Waals surface area contributed by atoms with Crippen molar-refractivity contribution in [2.24, 2.45) is 0 Å². The molecule has 0 saturated heterocycles. The van der Waals surface area contributed by atoms with Crippen LogP contribution in [0.3, 0.4) is 0 Å². The summed E-state index contributed by atoms with van der Waals surface area (Å²) in [6, 6.07) is 2.12. The molecule has 82 valence electrons. The van der Waals surface area contributed by atoms with Crippen molar-refractivity contribution in [1.82, 2.24) is 9.97 Å². The molecule has 0 radical (unpaired) electrons. The number of allylic oxidation sites excluding steroid dienone is 1. The molecule has 0 spiro atoms. The molecule has 2 rings (SSSR count). The van der Waals surface area contributed by atoms with Gasteiger partial charge in [-0.25, -0.2) is 18.7 Å². The van der Waals surface area contributed by atoms with Gasteiger partial charge in [0, 0.05) is 12.1 Å². The largest absolute Gasteiger partial charge is 0.249 e. The summed E-state index contributed by atoms with van der Waals surface area (Å²) >= 11 is 0. The third-order valence-corrected chi connectivity index (χ3v) is 2.24. The summed E-state index contributed by atoms with van der Waals surface area (Å²) in [5.74, 6) is -1.81. The number of rotatable bonds is 1. The quantitative estimate of drug-likeness (QED) is 0.737. The fourth-order valence-corrected chi connectivity index (χ4v) is 1.47. The van der Waals surface area contributed by atoms with Crippen LogP contribution in [0.15, 0.2) is 18.2 Å². The molecule has 2 aromatic rings. The van der Waals surface area contributed by atoms with E-state index in [1.54, 1.807) is 13.0 Å². The molecular weight excluding hydrogens is 210 g/mol. The van der Waals surface area contributed by atoms with E-state index in [1.165, 1.54) is 0 Å². The number of benzene rings is 1. The molecule has 0 unspecified atom stereocenters. The first-order valence-electron chi connectivity index (χ1n) is 4.88. The minimum absolute atomic E-state index is 0.359. The second kappa shape index (κ2) is 3.96. The van der Waals surface area contributed by atoms with E-state index in [0.717, 1.165) is 12.1 Å². The zero-order valence-electron chi connectivity index (χ0n) is 8.96. The minimum atomic E-state index is -0.905. The lowest BCUT2D eigenvalue weighted by molar-refractivity contribution is 0.510. The second-order valence-corrected chi connectivity index (χ2v) is 3.45. The Kier molecular flexibility index (Phi) is 2.64. The molecule has 4 heteroatoms. The van der Waals surface area contributed by atoms with Crippen LogP contribution in [0.25, 0.3) is 17.1 Å². The number of aryl methyl sites for hydroxylation is 1. The lowest BCUT2D eigenvalue weighted by atomic mass is 10.2. The molecule has 0 aliphatic carbocycles. The number of halogens is 2. The number of aromatic nitrogens is 2. The summed E-state index contributed by atoms with van der Waals surface area (Å²) < 4.78 is 26.0. The summed E-state index contributed by atoms with van der Waals surface area (Å²) in [5, 5.41) is 0. The Bertz CT molecular complexity index is 577. The fraction of sp³-hybridized carbons (Fsp3) is 0.167. The van der Waals surface area contributed by atoms with Gasteiger partial charge in [-0.2, -0.15) is 0 Å². The third-order valence-electron chi connectivity index (χ3n) is 2.24. The van der Waals surface area contributed by atoms with Gasteiger partial charge in [0.05, 0.1) is 22.4 Å². The van der Waals surface area contributed by atoms with E-state index in [2.05, 4.69) is 9.97 Å². The van der Waals surface area contributed by atoms with Crippen LogP contribution in [0.2, 0.25) is 0 Å². The summed E-state index contributed by atoms with van der Waals surface area (Å²) in [7, 11) is 0. The molecule has 0 fully saturated rings. The summed E-state index contributed by atoms with van der Waals surface area (Å²) in [6.07, 6.45) is 3.60. The Balaban J connectivity index is 2.74. The molecule has 0 saturated carbocycles. The van der Waals surface area contributed by atoms with E-state index in [-0.39, 0.29) is 0 Å². The van der Waals surface area contributed by atoms with Crippen molar-refractivity contribution in [1.29, 1.82) is 0 Å². The Morgan fingerprint density at radius 3 is 2.19 bits per heavy atom. The lowest BCUT2D eigenvalue weighted by Gasteiger charge is -2.03. The average Bonchev–Trinajstić information content (AvgIpc) is 2.23. The monoisotopic (exact) mass is 220 g/mol. The SMILES string of the molecule is CC=Cc1nc2cc(F)c(F)cc2nc1C. The van der Waals surface area contributed by atoms with Crippen LogP contribution in [0.5, 0.6) is 0 Å². The highest BCUT2D eigenvalue weighted by Crippen LogP contribution is 2.17. The van der Waals surface area contributed by atoms with Crippen molar-refractivity contribution < 1.29 is 8.78 Å². The van der Waals surface area contributed by atoms with Crippen LogP contribution < -0.4 is 0 Å². The van der Waals surface area contributed by atoms with Crippen LogP contribution in [0.4, 0.5) is 8.78 Å². The maximum atomic E-state index is 13.0. The van der Waals surface area contributed by atoms with Crippen molar-refractivity contribution in [3.8, 4) is 0 Å². The molecule has 0 bridgehead atoms. The summed E-state index contributed by atoms with van der Waals surface area (Å²) in [4.78, 5) is 8.39.